The fraction of sp³-hybridized carbons (Fsp3) is 0.364. The third kappa shape index (κ3) is 5.45. The lowest BCUT2D eigenvalue weighted by molar-refractivity contribution is -0.117. The highest BCUT2D eigenvalue weighted by molar-refractivity contribution is 5.94. The summed E-state index contributed by atoms with van der Waals surface area (Å²) in [6.45, 7) is 10.3. The minimum absolute atomic E-state index is 0.0730. The van der Waals surface area contributed by atoms with Crippen LogP contribution < -0.4 is 10.2 Å². The molecule has 0 radical (unpaired) electrons. The number of hydrogen-bond acceptors (Lipinski definition) is 2. The van der Waals surface area contributed by atoms with Gasteiger partial charge in [-0.1, -0.05) is 50.6 Å². The van der Waals surface area contributed by atoms with Gasteiger partial charge < -0.3 is 10.2 Å². The van der Waals surface area contributed by atoms with E-state index in [9.17, 15) is 9.59 Å². The number of rotatable bonds is 5. The summed E-state index contributed by atoms with van der Waals surface area (Å²) in [6.07, 6.45) is 0.245. The SMILES string of the molecule is CC(=O)N(CCC(=O)Nc1ccc(C(C)(C)C)cc1)c1ccc(C)cc1. The first kappa shape index (κ1) is 19.7. The molecule has 0 spiro atoms. The standard InChI is InChI=1S/C22H28N2O2/c1-16-6-12-20(13-7-16)24(17(2)25)15-14-21(26)23-19-10-8-18(9-11-19)22(3,4)5/h6-13H,14-15H2,1-5H3,(H,23,26). The number of hydrogen-bond donors (Lipinski definition) is 1. The summed E-state index contributed by atoms with van der Waals surface area (Å²) in [7, 11) is 0. The van der Waals surface area contributed by atoms with Crippen molar-refractivity contribution >= 4 is 23.2 Å². The van der Waals surface area contributed by atoms with Crippen LogP contribution in [0.4, 0.5) is 11.4 Å². The van der Waals surface area contributed by atoms with Crippen LogP contribution in [0.25, 0.3) is 0 Å². The predicted molar refractivity (Wildman–Crippen MR) is 108 cm³/mol. The normalized spacial score (nSPS) is 11.1. The summed E-state index contributed by atoms with van der Waals surface area (Å²) in [5.41, 5.74) is 4.02. The zero-order chi connectivity index (χ0) is 19.3. The van der Waals surface area contributed by atoms with Gasteiger partial charge in [-0.05, 0) is 42.2 Å². The number of benzene rings is 2. The molecule has 2 aromatic carbocycles. The van der Waals surface area contributed by atoms with E-state index in [-0.39, 0.29) is 23.7 Å². The Bertz CT molecular complexity index is 756. The first-order valence-corrected chi connectivity index (χ1v) is 8.92. The molecule has 0 aliphatic heterocycles. The Balaban J connectivity index is 1.96. The highest BCUT2D eigenvalue weighted by atomic mass is 16.2. The highest BCUT2D eigenvalue weighted by Gasteiger charge is 2.15. The molecule has 4 nitrogen and oxygen atoms in total. The summed E-state index contributed by atoms with van der Waals surface area (Å²) in [4.78, 5) is 25.8. The van der Waals surface area contributed by atoms with E-state index < -0.39 is 0 Å². The first-order valence-electron chi connectivity index (χ1n) is 8.92. The average Bonchev–Trinajstić information content (AvgIpc) is 2.56. The second kappa shape index (κ2) is 8.17. The maximum atomic E-state index is 12.3. The van der Waals surface area contributed by atoms with Gasteiger partial charge in [0.2, 0.25) is 11.8 Å². The van der Waals surface area contributed by atoms with Crippen LogP contribution in [0.2, 0.25) is 0 Å². The number of amides is 2. The summed E-state index contributed by atoms with van der Waals surface area (Å²) in [5, 5.41) is 2.90. The third-order valence-corrected chi connectivity index (χ3v) is 4.32. The van der Waals surface area contributed by atoms with E-state index >= 15 is 0 Å². The molecular weight excluding hydrogens is 324 g/mol. The van der Waals surface area contributed by atoms with Crippen LogP contribution in [0.15, 0.2) is 48.5 Å². The van der Waals surface area contributed by atoms with Crippen LogP contribution in [-0.4, -0.2) is 18.4 Å². The van der Waals surface area contributed by atoms with Gasteiger partial charge in [-0.3, -0.25) is 9.59 Å². The number of carbonyl (C=O) groups excluding carboxylic acids is 2. The third-order valence-electron chi connectivity index (χ3n) is 4.32. The van der Waals surface area contributed by atoms with Crippen LogP contribution >= 0.6 is 0 Å². The maximum absolute atomic E-state index is 12.3. The van der Waals surface area contributed by atoms with Gasteiger partial charge in [0.15, 0.2) is 0 Å². The lowest BCUT2D eigenvalue weighted by atomic mass is 9.87. The maximum Gasteiger partial charge on any atom is 0.226 e. The van der Waals surface area contributed by atoms with Crippen LogP contribution in [0.3, 0.4) is 0 Å². The Hall–Kier alpha value is -2.62. The van der Waals surface area contributed by atoms with Crippen molar-refractivity contribution in [3.05, 3.63) is 59.7 Å². The Morgan fingerprint density at radius 3 is 2.04 bits per heavy atom. The topological polar surface area (TPSA) is 49.4 Å². The molecular formula is C22H28N2O2. The summed E-state index contributed by atoms with van der Waals surface area (Å²) < 4.78 is 0. The Morgan fingerprint density at radius 2 is 1.54 bits per heavy atom. The van der Waals surface area contributed by atoms with Crippen LogP contribution in [0.5, 0.6) is 0 Å². The van der Waals surface area contributed by atoms with E-state index in [1.807, 2.05) is 55.5 Å². The minimum atomic E-state index is -0.105. The number of anilines is 2. The molecule has 138 valence electrons. The van der Waals surface area contributed by atoms with Crippen molar-refractivity contribution in [1.29, 1.82) is 0 Å². The number of aryl methyl sites for hydroxylation is 1. The zero-order valence-electron chi connectivity index (χ0n) is 16.3. The fourth-order valence-corrected chi connectivity index (χ4v) is 2.68. The van der Waals surface area contributed by atoms with Gasteiger partial charge >= 0.3 is 0 Å². The second-order valence-corrected chi connectivity index (χ2v) is 7.63. The van der Waals surface area contributed by atoms with E-state index in [1.165, 1.54) is 12.5 Å². The molecule has 2 aromatic rings. The van der Waals surface area contributed by atoms with E-state index in [4.69, 9.17) is 0 Å². The number of nitrogens with zero attached hydrogens (tertiary/aromatic N) is 1. The van der Waals surface area contributed by atoms with E-state index in [1.54, 1.807) is 4.90 Å². The summed E-state index contributed by atoms with van der Waals surface area (Å²) in [6, 6.07) is 15.6. The van der Waals surface area contributed by atoms with Gasteiger partial charge in [0.1, 0.15) is 0 Å². The van der Waals surface area contributed by atoms with Crippen molar-refractivity contribution < 1.29 is 9.59 Å². The van der Waals surface area contributed by atoms with Crippen LogP contribution in [0, 0.1) is 6.92 Å². The Labute approximate surface area is 156 Å². The van der Waals surface area contributed by atoms with E-state index in [0.717, 1.165) is 16.9 Å². The highest BCUT2D eigenvalue weighted by Crippen LogP contribution is 2.23. The largest absolute Gasteiger partial charge is 0.326 e. The van der Waals surface area contributed by atoms with Gasteiger partial charge in [-0.25, -0.2) is 0 Å². The molecule has 0 saturated heterocycles. The molecule has 0 aromatic heterocycles. The number of carbonyl (C=O) groups is 2. The molecule has 26 heavy (non-hydrogen) atoms. The van der Waals surface area contributed by atoms with E-state index in [2.05, 4.69) is 26.1 Å². The molecule has 0 atom stereocenters. The molecule has 0 saturated carbocycles. The second-order valence-electron chi connectivity index (χ2n) is 7.63. The monoisotopic (exact) mass is 352 g/mol. The molecule has 2 amide bonds. The lowest BCUT2D eigenvalue weighted by Crippen LogP contribution is -2.31. The Kier molecular flexibility index (Phi) is 6.19. The molecule has 4 heteroatoms. The fourth-order valence-electron chi connectivity index (χ4n) is 2.68. The molecule has 2 rings (SSSR count). The quantitative estimate of drug-likeness (QED) is 0.850. The van der Waals surface area contributed by atoms with Crippen molar-refractivity contribution in [2.75, 3.05) is 16.8 Å². The van der Waals surface area contributed by atoms with Gasteiger partial charge in [0.25, 0.3) is 0 Å². The van der Waals surface area contributed by atoms with E-state index in [0.29, 0.717) is 6.54 Å². The van der Waals surface area contributed by atoms with Crippen molar-refractivity contribution in [1.82, 2.24) is 0 Å². The Morgan fingerprint density at radius 1 is 0.962 bits per heavy atom. The molecule has 0 unspecified atom stereocenters. The molecule has 1 N–H and O–H groups in total. The van der Waals surface area contributed by atoms with Gasteiger partial charge in [0, 0.05) is 31.3 Å². The van der Waals surface area contributed by atoms with Crippen LogP contribution in [0.1, 0.15) is 45.2 Å². The zero-order valence-corrected chi connectivity index (χ0v) is 16.3. The molecule has 0 fully saturated rings. The molecule has 0 aliphatic rings. The van der Waals surface area contributed by atoms with Crippen molar-refractivity contribution in [2.24, 2.45) is 0 Å². The lowest BCUT2D eigenvalue weighted by Gasteiger charge is -2.21. The van der Waals surface area contributed by atoms with Gasteiger partial charge in [-0.15, -0.1) is 0 Å². The first-order chi connectivity index (χ1) is 12.2. The smallest absolute Gasteiger partial charge is 0.226 e. The average molecular weight is 352 g/mol. The summed E-state index contributed by atoms with van der Waals surface area (Å²) in [5.74, 6) is -0.178. The van der Waals surface area contributed by atoms with Crippen LogP contribution in [-0.2, 0) is 15.0 Å². The predicted octanol–water partition coefficient (Wildman–Crippen LogP) is 4.67. The minimum Gasteiger partial charge on any atom is -0.326 e. The summed E-state index contributed by atoms with van der Waals surface area (Å²) >= 11 is 0. The van der Waals surface area contributed by atoms with Gasteiger partial charge in [0.05, 0.1) is 0 Å². The molecule has 0 aliphatic carbocycles. The number of nitrogens with one attached hydrogen (secondary N) is 1. The van der Waals surface area contributed by atoms with Gasteiger partial charge in [-0.2, -0.15) is 0 Å². The van der Waals surface area contributed by atoms with Crippen molar-refractivity contribution in [3.63, 3.8) is 0 Å². The molecule has 0 heterocycles. The molecule has 0 bridgehead atoms. The van der Waals surface area contributed by atoms with Crippen molar-refractivity contribution in [3.8, 4) is 0 Å². The van der Waals surface area contributed by atoms with Crippen molar-refractivity contribution in [2.45, 2.75) is 46.5 Å².